The Bertz CT molecular complexity index is 1280. The second-order valence-electron chi connectivity index (χ2n) is 11.6. The highest BCUT2D eigenvalue weighted by Crippen LogP contribution is 2.60. The largest absolute Gasteiger partial charge is 0.341 e. The van der Waals surface area contributed by atoms with E-state index < -0.39 is 0 Å². The Labute approximate surface area is 198 Å². The lowest BCUT2D eigenvalue weighted by Gasteiger charge is -2.47. The van der Waals surface area contributed by atoms with Crippen LogP contribution in [0.15, 0.2) is 48.5 Å². The number of hydrogen-bond donors (Lipinski definition) is 0. The minimum atomic E-state index is 0.158. The normalized spacial score (nSPS) is 19.3. The van der Waals surface area contributed by atoms with E-state index in [4.69, 9.17) is 0 Å². The van der Waals surface area contributed by atoms with Gasteiger partial charge in [-0.2, -0.15) is 0 Å². The Morgan fingerprint density at radius 3 is 1.94 bits per heavy atom. The molecule has 3 aliphatic rings. The molecule has 0 saturated heterocycles. The smallest absolute Gasteiger partial charge is 0.100 e. The van der Waals surface area contributed by atoms with Gasteiger partial charge in [0.05, 0.1) is 28.4 Å². The third-order valence-electron chi connectivity index (χ3n) is 8.47. The van der Waals surface area contributed by atoms with Gasteiger partial charge in [-0.25, -0.2) is 0 Å². The SMILES string of the molecule is Cc1cccc(C)c1N1CN2c3ccc4c(c3N(C)c3cccc1c32)C(C)(C)CCC4(C)C. The first-order chi connectivity index (χ1) is 15.6. The van der Waals surface area contributed by atoms with Crippen LogP contribution in [-0.4, -0.2) is 13.7 Å². The molecule has 0 atom stereocenters. The Morgan fingerprint density at radius 1 is 0.636 bits per heavy atom. The molecular formula is C30H35N3. The van der Waals surface area contributed by atoms with Crippen molar-refractivity contribution in [2.45, 2.75) is 65.2 Å². The lowest BCUT2D eigenvalue weighted by molar-refractivity contribution is 0.332. The second kappa shape index (κ2) is 6.56. The van der Waals surface area contributed by atoms with Crippen LogP contribution in [0.4, 0.5) is 34.1 Å². The lowest BCUT2D eigenvalue weighted by atomic mass is 9.62. The molecule has 2 heterocycles. The van der Waals surface area contributed by atoms with Crippen molar-refractivity contribution in [1.82, 2.24) is 0 Å². The minimum Gasteiger partial charge on any atom is -0.341 e. The maximum absolute atomic E-state index is 2.56. The molecule has 33 heavy (non-hydrogen) atoms. The average molecular weight is 438 g/mol. The molecule has 0 bridgehead atoms. The highest BCUT2D eigenvalue weighted by molar-refractivity contribution is 6.04. The number of para-hydroxylation sites is 2. The van der Waals surface area contributed by atoms with Crippen molar-refractivity contribution in [2.24, 2.45) is 0 Å². The van der Waals surface area contributed by atoms with Gasteiger partial charge in [-0.15, -0.1) is 0 Å². The third-order valence-corrected chi connectivity index (χ3v) is 8.47. The van der Waals surface area contributed by atoms with Gasteiger partial charge in [0, 0.05) is 12.7 Å². The highest BCUT2D eigenvalue weighted by Gasteiger charge is 2.44. The fourth-order valence-corrected chi connectivity index (χ4v) is 6.58. The van der Waals surface area contributed by atoms with Crippen LogP contribution in [-0.2, 0) is 10.8 Å². The van der Waals surface area contributed by atoms with E-state index in [0.29, 0.717) is 0 Å². The molecule has 0 radical (unpaired) electrons. The van der Waals surface area contributed by atoms with Crippen molar-refractivity contribution in [2.75, 3.05) is 28.4 Å². The van der Waals surface area contributed by atoms with Gasteiger partial charge in [0.2, 0.25) is 0 Å². The minimum absolute atomic E-state index is 0.158. The maximum Gasteiger partial charge on any atom is 0.100 e. The van der Waals surface area contributed by atoms with Crippen molar-refractivity contribution in [1.29, 1.82) is 0 Å². The van der Waals surface area contributed by atoms with Crippen molar-refractivity contribution in [3.8, 4) is 0 Å². The Kier molecular flexibility index (Phi) is 4.11. The van der Waals surface area contributed by atoms with Gasteiger partial charge in [-0.05, 0) is 78.0 Å². The molecule has 6 rings (SSSR count). The first-order valence-electron chi connectivity index (χ1n) is 12.3. The first kappa shape index (κ1) is 20.7. The molecule has 0 amide bonds. The van der Waals surface area contributed by atoms with Crippen LogP contribution in [0.3, 0.4) is 0 Å². The molecule has 0 N–H and O–H groups in total. The van der Waals surface area contributed by atoms with E-state index in [1.165, 1.54) is 63.7 Å². The van der Waals surface area contributed by atoms with Crippen LogP contribution in [0.2, 0.25) is 0 Å². The first-order valence-corrected chi connectivity index (χ1v) is 12.3. The number of fused-ring (bicyclic) bond motifs is 4. The Hall–Kier alpha value is -2.94. The fraction of sp³-hybridized carbons (Fsp3) is 0.400. The van der Waals surface area contributed by atoms with E-state index in [-0.39, 0.29) is 10.8 Å². The summed E-state index contributed by atoms with van der Waals surface area (Å²) in [6, 6.07) is 18.3. The van der Waals surface area contributed by atoms with Gasteiger partial charge in [-0.3, -0.25) is 0 Å². The molecule has 0 fully saturated rings. The molecule has 0 saturated carbocycles. The molecule has 0 unspecified atom stereocenters. The van der Waals surface area contributed by atoms with Crippen molar-refractivity contribution < 1.29 is 0 Å². The maximum atomic E-state index is 2.56. The van der Waals surface area contributed by atoms with Gasteiger partial charge in [0.1, 0.15) is 6.67 Å². The zero-order valence-corrected chi connectivity index (χ0v) is 21.1. The predicted molar refractivity (Wildman–Crippen MR) is 141 cm³/mol. The van der Waals surface area contributed by atoms with E-state index in [1.54, 1.807) is 5.56 Å². The Morgan fingerprint density at radius 2 is 1.21 bits per heavy atom. The summed E-state index contributed by atoms with van der Waals surface area (Å²) in [5.74, 6) is 0. The van der Waals surface area contributed by atoms with E-state index >= 15 is 0 Å². The Balaban J connectivity index is 1.61. The number of hydrogen-bond acceptors (Lipinski definition) is 3. The van der Waals surface area contributed by atoms with Crippen LogP contribution < -0.4 is 14.7 Å². The molecule has 3 nitrogen and oxygen atoms in total. The van der Waals surface area contributed by atoms with Crippen LogP contribution >= 0.6 is 0 Å². The van der Waals surface area contributed by atoms with Crippen LogP contribution in [0.5, 0.6) is 0 Å². The lowest BCUT2D eigenvalue weighted by Crippen LogP contribution is -2.37. The van der Waals surface area contributed by atoms with E-state index in [0.717, 1.165) is 6.67 Å². The van der Waals surface area contributed by atoms with Gasteiger partial charge in [0.25, 0.3) is 0 Å². The second-order valence-corrected chi connectivity index (χ2v) is 11.6. The van der Waals surface area contributed by atoms with Gasteiger partial charge >= 0.3 is 0 Å². The summed E-state index contributed by atoms with van der Waals surface area (Å²) in [6.07, 6.45) is 2.46. The monoisotopic (exact) mass is 437 g/mol. The highest BCUT2D eigenvalue weighted by atomic mass is 15.4. The third kappa shape index (κ3) is 2.68. The van der Waals surface area contributed by atoms with E-state index in [2.05, 4.69) is 112 Å². The zero-order valence-electron chi connectivity index (χ0n) is 21.1. The summed E-state index contributed by atoms with van der Waals surface area (Å²) in [5, 5.41) is 0. The number of benzene rings is 3. The molecule has 0 spiro atoms. The predicted octanol–water partition coefficient (Wildman–Crippen LogP) is 7.98. The topological polar surface area (TPSA) is 9.72 Å². The summed E-state index contributed by atoms with van der Waals surface area (Å²) < 4.78 is 0. The summed E-state index contributed by atoms with van der Waals surface area (Å²) in [4.78, 5) is 7.55. The van der Waals surface area contributed by atoms with Crippen molar-refractivity contribution in [3.63, 3.8) is 0 Å². The number of rotatable bonds is 1. The molecule has 3 aromatic rings. The molecule has 1 aliphatic carbocycles. The molecular weight excluding hydrogens is 402 g/mol. The number of nitrogens with zero attached hydrogens (tertiary/aromatic N) is 3. The zero-order chi connectivity index (χ0) is 23.3. The average Bonchev–Trinajstić information content (AvgIpc) is 3.15. The molecule has 2 aliphatic heterocycles. The van der Waals surface area contributed by atoms with E-state index in [1.807, 2.05) is 0 Å². The molecule has 0 aromatic heterocycles. The summed E-state index contributed by atoms with van der Waals surface area (Å²) in [7, 11) is 2.27. The number of anilines is 6. The van der Waals surface area contributed by atoms with Crippen LogP contribution in [0.25, 0.3) is 0 Å². The summed E-state index contributed by atoms with van der Waals surface area (Å²) in [6.45, 7) is 15.0. The number of aryl methyl sites for hydroxylation is 2. The van der Waals surface area contributed by atoms with Gasteiger partial charge < -0.3 is 14.7 Å². The molecule has 170 valence electrons. The summed E-state index contributed by atoms with van der Waals surface area (Å²) >= 11 is 0. The summed E-state index contributed by atoms with van der Waals surface area (Å²) in [5.41, 5.74) is 14.1. The van der Waals surface area contributed by atoms with Gasteiger partial charge in [0.15, 0.2) is 0 Å². The molecule has 3 heteroatoms. The quantitative estimate of drug-likeness (QED) is 0.382. The van der Waals surface area contributed by atoms with Crippen LogP contribution in [0, 0.1) is 13.8 Å². The van der Waals surface area contributed by atoms with Crippen molar-refractivity contribution in [3.05, 3.63) is 70.8 Å². The van der Waals surface area contributed by atoms with E-state index in [9.17, 15) is 0 Å². The van der Waals surface area contributed by atoms with Crippen molar-refractivity contribution >= 4 is 34.1 Å². The fourth-order valence-electron chi connectivity index (χ4n) is 6.58. The van der Waals surface area contributed by atoms with Gasteiger partial charge in [-0.1, -0.05) is 58.0 Å². The molecule has 3 aromatic carbocycles. The van der Waals surface area contributed by atoms with Crippen LogP contribution in [0.1, 0.15) is 62.8 Å². The standard InChI is InChI=1S/C30H35N3/c1-19-10-8-11-20(2)26(19)32-18-33-24-15-14-21-25(30(5,6)17-16-29(21,3)4)28(24)31(7)22-12-9-13-23(32)27(22)33/h8-15H,16-18H2,1-7H3.